The highest BCUT2D eigenvalue weighted by Crippen LogP contribution is 2.31. The summed E-state index contributed by atoms with van der Waals surface area (Å²) < 4.78 is 0. The van der Waals surface area contributed by atoms with Crippen LogP contribution in [0.4, 0.5) is 0 Å². The summed E-state index contributed by atoms with van der Waals surface area (Å²) in [5.74, 6) is 0.897. The van der Waals surface area contributed by atoms with Crippen molar-refractivity contribution in [1.29, 1.82) is 0 Å². The monoisotopic (exact) mass is 348 g/mol. The van der Waals surface area contributed by atoms with Gasteiger partial charge in [0.15, 0.2) is 0 Å². The van der Waals surface area contributed by atoms with Gasteiger partial charge in [-0.05, 0) is 55.5 Å². The fourth-order valence-corrected chi connectivity index (χ4v) is 3.87. The van der Waals surface area contributed by atoms with Crippen LogP contribution in [0.1, 0.15) is 39.2 Å². The van der Waals surface area contributed by atoms with Crippen molar-refractivity contribution in [3.63, 3.8) is 0 Å². The third kappa shape index (κ3) is 4.19. The molecule has 4 rings (SSSR count). The van der Waals surface area contributed by atoms with E-state index < -0.39 is 0 Å². The zero-order valence-corrected chi connectivity index (χ0v) is 16.5. The van der Waals surface area contributed by atoms with Gasteiger partial charge in [-0.2, -0.15) is 0 Å². The van der Waals surface area contributed by atoms with Crippen LogP contribution in [0.15, 0.2) is 54.6 Å². The summed E-state index contributed by atoms with van der Waals surface area (Å²) in [4.78, 5) is 6.29. The maximum absolute atomic E-state index is 3.66. The number of nitrogens with zero attached hydrogens (tertiary/aromatic N) is 1. The number of para-hydroxylation sites is 1. The number of hydrogen-bond acceptors (Lipinski definition) is 1. The molecule has 1 aromatic heterocycles. The molecule has 0 radical (unpaired) electrons. The second-order valence-electron chi connectivity index (χ2n) is 7.16. The largest absolute Gasteiger partial charge is 0.354 e. The number of likely N-dealkylation sites (tertiary alicyclic amines) is 1. The Hall–Kier alpha value is -2.06. The summed E-state index contributed by atoms with van der Waals surface area (Å²) in [5.41, 5.74) is 5.30. The van der Waals surface area contributed by atoms with E-state index in [1.165, 1.54) is 53.7 Å². The van der Waals surface area contributed by atoms with E-state index in [0.717, 1.165) is 18.9 Å². The zero-order chi connectivity index (χ0) is 18.4. The molecule has 1 saturated heterocycles. The van der Waals surface area contributed by atoms with E-state index in [4.69, 9.17) is 0 Å². The summed E-state index contributed by atoms with van der Waals surface area (Å²) in [6.45, 7) is 10.0. The third-order valence-electron chi connectivity index (χ3n) is 5.43. The molecule has 0 saturated carbocycles. The van der Waals surface area contributed by atoms with E-state index in [0.29, 0.717) is 0 Å². The maximum Gasteiger partial charge on any atom is 0.0497 e. The van der Waals surface area contributed by atoms with Crippen molar-refractivity contribution in [1.82, 2.24) is 9.88 Å². The number of piperidine rings is 1. The predicted molar refractivity (Wildman–Crippen MR) is 114 cm³/mol. The molecule has 0 unspecified atom stereocenters. The number of nitrogens with one attached hydrogen (secondary N) is 1. The molecule has 2 nitrogen and oxygen atoms in total. The van der Waals surface area contributed by atoms with Crippen LogP contribution >= 0.6 is 0 Å². The molecule has 0 aliphatic carbocycles. The third-order valence-corrected chi connectivity index (χ3v) is 5.43. The Morgan fingerprint density at radius 3 is 2.31 bits per heavy atom. The Morgan fingerprint density at radius 2 is 1.58 bits per heavy atom. The van der Waals surface area contributed by atoms with Gasteiger partial charge in [0, 0.05) is 23.1 Å². The second kappa shape index (κ2) is 9.05. The first kappa shape index (κ1) is 18.7. The molecular formula is C24H32N2. The molecule has 2 heterocycles. The van der Waals surface area contributed by atoms with Crippen molar-refractivity contribution in [3.8, 4) is 11.3 Å². The summed E-state index contributed by atoms with van der Waals surface area (Å²) in [6.07, 6.45) is 3.81. The minimum absolute atomic E-state index is 0.897. The van der Waals surface area contributed by atoms with Gasteiger partial charge in [-0.15, -0.1) is 0 Å². The lowest BCUT2D eigenvalue weighted by Gasteiger charge is -2.30. The summed E-state index contributed by atoms with van der Waals surface area (Å²) in [5, 5.41) is 1.38. The molecule has 2 heteroatoms. The van der Waals surface area contributed by atoms with E-state index in [9.17, 15) is 0 Å². The number of hydrogen-bond donors (Lipinski definition) is 1. The van der Waals surface area contributed by atoms with Crippen LogP contribution in [-0.2, 0) is 6.42 Å². The van der Waals surface area contributed by atoms with E-state index in [1.54, 1.807) is 0 Å². The van der Waals surface area contributed by atoms with Gasteiger partial charge in [-0.1, -0.05) is 69.3 Å². The van der Waals surface area contributed by atoms with Gasteiger partial charge < -0.3 is 9.88 Å². The molecule has 1 aliphatic rings. The molecule has 0 bridgehead atoms. The molecule has 0 spiro atoms. The lowest BCUT2D eigenvalue weighted by Crippen LogP contribution is -2.34. The van der Waals surface area contributed by atoms with Gasteiger partial charge in [0.2, 0.25) is 0 Å². The summed E-state index contributed by atoms with van der Waals surface area (Å²) in [7, 11) is 0. The van der Waals surface area contributed by atoms with E-state index in [-0.39, 0.29) is 0 Å². The number of aromatic nitrogens is 1. The smallest absolute Gasteiger partial charge is 0.0497 e. The van der Waals surface area contributed by atoms with Crippen LogP contribution in [0, 0.1) is 5.92 Å². The lowest BCUT2D eigenvalue weighted by atomic mass is 9.98. The molecule has 0 amide bonds. The van der Waals surface area contributed by atoms with Crippen LogP contribution in [-0.4, -0.2) is 29.5 Å². The van der Waals surface area contributed by atoms with Crippen molar-refractivity contribution in [2.45, 2.75) is 40.0 Å². The highest BCUT2D eigenvalue weighted by molar-refractivity contribution is 5.90. The molecule has 2 aromatic carbocycles. The van der Waals surface area contributed by atoms with Crippen molar-refractivity contribution in [3.05, 3.63) is 60.2 Å². The first-order valence-electron chi connectivity index (χ1n) is 10.2. The van der Waals surface area contributed by atoms with Crippen LogP contribution in [0.5, 0.6) is 0 Å². The lowest BCUT2D eigenvalue weighted by molar-refractivity contribution is 0.195. The summed E-state index contributed by atoms with van der Waals surface area (Å²) in [6, 6.07) is 19.4. The Bertz CT molecular complexity index is 795. The van der Waals surface area contributed by atoms with Crippen molar-refractivity contribution < 1.29 is 0 Å². The summed E-state index contributed by atoms with van der Waals surface area (Å²) >= 11 is 0. The van der Waals surface area contributed by atoms with Gasteiger partial charge in [-0.25, -0.2) is 0 Å². The van der Waals surface area contributed by atoms with Gasteiger partial charge in [0.25, 0.3) is 0 Å². The average molecular weight is 349 g/mol. The molecular weight excluding hydrogens is 316 g/mol. The number of fused-ring (bicyclic) bond motifs is 1. The number of aromatic amines is 1. The molecule has 3 aromatic rings. The van der Waals surface area contributed by atoms with Crippen LogP contribution in [0.2, 0.25) is 0 Å². The van der Waals surface area contributed by atoms with Gasteiger partial charge in [0.05, 0.1) is 0 Å². The van der Waals surface area contributed by atoms with Crippen molar-refractivity contribution in [2.24, 2.45) is 5.92 Å². The molecule has 1 aliphatic heterocycles. The van der Waals surface area contributed by atoms with Crippen LogP contribution in [0.25, 0.3) is 22.2 Å². The highest BCUT2D eigenvalue weighted by atomic mass is 15.1. The fraction of sp³-hybridized carbons (Fsp3) is 0.417. The molecule has 1 N–H and O–H groups in total. The number of benzene rings is 2. The van der Waals surface area contributed by atoms with Crippen LogP contribution < -0.4 is 0 Å². The normalized spacial score (nSPS) is 15.7. The molecule has 138 valence electrons. The molecule has 1 fully saturated rings. The molecule has 0 atom stereocenters. The van der Waals surface area contributed by atoms with Crippen molar-refractivity contribution >= 4 is 10.9 Å². The Balaban J connectivity index is 0.000000948. The standard InChI is InChI=1S/C22H26N2.C2H6/c1-17-11-14-24(15-12-17)16-13-20-19-9-5-6-10-21(19)23-22(20)18-7-3-2-4-8-18;1-2/h2-10,17,23H,11-16H2,1H3;1-2H3. The Morgan fingerprint density at radius 1 is 0.923 bits per heavy atom. The number of H-pyrrole nitrogens is 1. The van der Waals surface area contributed by atoms with Crippen LogP contribution in [0.3, 0.4) is 0 Å². The van der Waals surface area contributed by atoms with Crippen molar-refractivity contribution in [2.75, 3.05) is 19.6 Å². The maximum atomic E-state index is 3.66. The van der Waals surface area contributed by atoms with Gasteiger partial charge in [0.1, 0.15) is 0 Å². The molecule has 26 heavy (non-hydrogen) atoms. The van der Waals surface area contributed by atoms with E-state index in [1.807, 2.05) is 13.8 Å². The zero-order valence-electron chi connectivity index (χ0n) is 16.5. The number of rotatable bonds is 4. The van der Waals surface area contributed by atoms with Gasteiger partial charge in [-0.3, -0.25) is 0 Å². The SMILES string of the molecule is CC.CC1CCN(CCc2c(-c3ccccc3)[nH]c3ccccc23)CC1. The van der Waals surface area contributed by atoms with E-state index >= 15 is 0 Å². The van der Waals surface area contributed by atoms with E-state index in [2.05, 4.69) is 71.4 Å². The Labute approximate surface area is 158 Å². The topological polar surface area (TPSA) is 19.0 Å². The fourth-order valence-electron chi connectivity index (χ4n) is 3.87. The minimum atomic E-state index is 0.897. The quantitative estimate of drug-likeness (QED) is 0.600. The second-order valence-corrected chi connectivity index (χ2v) is 7.16. The highest BCUT2D eigenvalue weighted by Gasteiger charge is 2.18. The minimum Gasteiger partial charge on any atom is -0.354 e. The van der Waals surface area contributed by atoms with Gasteiger partial charge >= 0.3 is 0 Å². The first-order chi connectivity index (χ1) is 12.8. The Kier molecular flexibility index (Phi) is 6.51. The average Bonchev–Trinajstić information content (AvgIpc) is 3.08. The first-order valence-corrected chi connectivity index (χ1v) is 10.2. The predicted octanol–water partition coefficient (Wildman–Crippen LogP) is 6.14.